The maximum absolute atomic E-state index is 14.7. The maximum Gasteiger partial charge on any atom is 0.251 e. The van der Waals surface area contributed by atoms with Gasteiger partial charge >= 0.3 is 0 Å². The van der Waals surface area contributed by atoms with Crippen molar-refractivity contribution in [2.75, 3.05) is 45.7 Å². The van der Waals surface area contributed by atoms with E-state index in [-0.39, 0.29) is 23.5 Å². The Kier molecular flexibility index (Phi) is 10.8. The van der Waals surface area contributed by atoms with Gasteiger partial charge in [0.05, 0.1) is 7.11 Å². The molecule has 0 aliphatic carbocycles. The van der Waals surface area contributed by atoms with E-state index in [9.17, 15) is 14.0 Å². The Morgan fingerprint density at radius 3 is 2.32 bits per heavy atom. The fourth-order valence-electron chi connectivity index (χ4n) is 4.10. The van der Waals surface area contributed by atoms with Crippen molar-refractivity contribution in [3.63, 3.8) is 0 Å². The molecular weight excluding hydrogens is 487 g/mol. The van der Waals surface area contributed by atoms with Crippen molar-refractivity contribution in [3.05, 3.63) is 58.9 Å². The molecule has 10 heteroatoms. The number of aliphatic imine (C=N–C) groups is 2. The number of amides is 2. The van der Waals surface area contributed by atoms with Crippen LogP contribution in [-0.4, -0.2) is 75.8 Å². The van der Waals surface area contributed by atoms with E-state index >= 15 is 0 Å². The average molecular weight is 525 g/mol. The molecule has 0 radical (unpaired) electrons. The molecule has 9 nitrogen and oxygen atoms in total. The van der Waals surface area contributed by atoms with Gasteiger partial charge in [0.2, 0.25) is 6.29 Å². The minimum atomic E-state index is -0.478. The molecule has 0 unspecified atom stereocenters. The van der Waals surface area contributed by atoms with Crippen LogP contribution in [0, 0.1) is 11.7 Å². The molecule has 1 heterocycles. The molecule has 3 N–H and O–H groups in total. The van der Waals surface area contributed by atoms with Crippen LogP contribution in [0.5, 0.6) is 5.75 Å². The summed E-state index contributed by atoms with van der Waals surface area (Å²) in [6.45, 7) is 7.55. The number of likely N-dealkylation sites (N-methyl/N-ethyl adjacent to an activating group) is 1. The highest BCUT2D eigenvalue weighted by Gasteiger charge is 2.18. The van der Waals surface area contributed by atoms with Gasteiger partial charge in [0.15, 0.2) is 11.6 Å². The highest BCUT2D eigenvalue weighted by Crippen LogP contribution is 2.25. The fraction of sp³-hybridized carbons (Fsp3) is 0.429. The van der Waals surface area contributed by atoms with Gasteiger partial charge in [-0.25, -0.2) is 4.39 Å². The van der Waals surface area contributed by atoms with Crippen molar-refractivity contribution in [1.29, 1.82) is 0 Å². The molecule has 0 spiro atoms. The first-order valence-corrected chi connectivity index (χ1v) is 12.9. The molecule has 2 aromatic rings. The van der Waals surface area contributed by atoms with Gasteiger partial charge in [-0.1, -0.05) is 13.8 Å². The second kappa shape index (κ2) is 14.2. The van der Waals surface area contributed by atoms with Crippen molar-refractivity contribution >= 4 is 29.9 Å². The molecule has 204 valence electrons. The highest BCUT2D eigenvalue weighted by molar-refractivity contribution is 5.95. The lowest BCUT2D eigenvalue weighted by molar-refractivity contribution is 0.0945. The number of methoxy groups -OCH3 is 1. The molecule has 38 heavy (non-hydrogen) atoms. The third-order valence-corrected chi connectivity index (χ3v) is 6.46. The number of nitrogens with one attached hydrogen (secondary N) is 3. The number of carbonyl (C=O) groups excluding carboxylic acids is 2. The first kappa shape index (κ1) is 28.8. The summed E-state index contributed by atoms with van der Waals surface area (Å²) >= 11 is 0. The van der Waals surface area contributed by atoms with Gasteiger partial charge in [-0.2, -0.15) is 0 Å². The van der Waals surface area contributed by atoms with Crippen molar-refractivity contribution in [2.24, 2.45) is 15.9 Å². The number of hydrogen-bond donors (Lipinski definition) is 3. The number of hydrogen-bond acceptors (Lipinski definition) is 7. The maximum atomic E-state index is 14.7. The van der Waals surface area contributed by atoms with Crippen LogP contribution >= 0.6 is 0 Å². The average Bonchev–Trinajstić information content (AvgIpc) is 2.95. The summed E-state index contributed by atoms with van der Waals surface area (Å²) in [5, 5.41) is 8.71. The number of ether oxygens (including phenoxy) is 1. The van der Waals surface area contributed by atoms with Crippen LogP contribution < -0.4 is 20.7 Å². The number of carbonyl (C=O) groups is 2. The van der Waals surface area contributed by atoms with E-state index in [1.165, 1.54) is 20.2 Å². The quantitative estimate of drug-likeness (QED) is 0.373. The van der Waals surface area contributed by atoms with Gasteiger partial charge in [0, 0.05) is 55.3 Å². The number of aryl methyl sites for hydroxylation is 1. The van der Waals surface area contributed by atoms with Gasteiger partial charge in [-0.05, 0) is 67.9 Å². The Bertz CT molecular complexity index is 1130. The van der Waals surface area contributed by atoms with Crippen molar-refractivity contribution in [3.8, 4) is 5.75 Å². The van der Waals surface area contributed by atoms with Crippen molar-refractivity contribution in [2.45, 2.75) is 33.0 Å². The molecule has 0 bridgehead atoms. The van der Waals surface area contributed by atoms with E-state index in [1.807, 2.05) is 12.1 Å². The third kappa shape index (κ3) is 7.85. The number of benzene rings is 2. The zero-order chi connectivity index (χ0) is 27.5. The molecule has 0 fully saturated rings. The molecule has 0 saturated heterocycles. The standard InChI is InChI=1S/C28H37FN6O3/c1-5-35(6-2)14-13-31-27(37)20-9-11-23(12-10-20)34-28-32-17-19(18-33-28)7-8-21-15-22(26(36)30-3)16-24(38-4)25(21)29/h9-12,15-19,28,34H,5-8,13-14H2,1-4H3,(H,30,36)(H,31,37). The van der Waals surface area contributed by atoms with Crippen LogP contribution in [0.4, 0.5) is 10.1 Å². The molecule has 2 amide bonds. The Morgan fingerprint density at radius 2 is 1.71 bits per heavy atom. The topological polar surface area (TPSA) is 107 Å². The fourth-order valence-corrected chi connectivity index (χ4v) is 4.10. The van der Waals surface area contributed by atoms with Gasteiger partial charge in [-0.3, -0.25) is 19.6 Å². The summed E-state index contributed by atoms with van der Waals surface area (Å²) in [6, 6.07) is 10.1. The molecule has 3 rings (SSSR count). The lowest BCUT2D eigenvalue weighted by atomic mass is 9.98. The molecule has 0 atom stereocenters. The van der Waals surface area contributed by atoms with E-state index in [4.69, 9.17) is 4.74 Å². The summed E-state index contributed by atoms with van der Waals surface area (Å²) < 4.78 is 19.8. The van der Waals surface area contributed by atoms with Crippen LogP contribution in [0.3, 0.4) is 0 Å². The molecular formula is C28H37FN6O3. The van der Waals surface area contributed by atoms with Gasteiger partial charge in [0.1, 0.15) is 0 Å². The monoisotopic (exact) mass is 524 g/mol. The largest absolute Gasteiger partial charge is 0.494 e. The van der Waals surface area contributed by atoms with E-state index < -0.39 is 12.1 Å². The molecule has 0 saturated carbocycles. The summed E-state index contributed by atoms with van der Waals surface area (Å²) in [4.78, 5) is 35.6. The molecule has 1 aliphatic rings. The zero-order valence-electron chi connectivity index (χ0n) is 22.5. The van der Waals surface area contributed by atoms with Crippen LogP contribution in [0.1, 0.15) is 46.5 Å². The SMILES string of the molecule is CCN(CC)CCNC(=O)c1ccc(NC2N=CC(CCc3cc(C(=O)NC)cc(OC)c3F)C=N2)cc1. The molecule has 2 aromatic carbocycles. The van der Waals surface area contributed by atoms with Crippen LogP contribution in [0.15, 0.2) is 46.4 Å². The number of nitrogens with zero attached hydrogens (tertiary/aromatic N) is 3. The van der Waals surface area contributed by atoms with Gasteiger partial charge in [-0.15, -0.1) is 0 Å². The number of anilines is 1. The third-order valence-electron chi connectivity index (χ3n) is 6.46. The highest BCUT2D eigenvalue weighted by atomic mass is 19.1. The lowest BCUT2D eigenvalue weighted by Gasteiger charge is -2.19. The Labute approximate surface area is 223 Å². The van der Waals surface area contributed by atoms with Gasteiger partial charge < -0.3 is 25.6 Å². The molecule has 0 aromatic heterocycles. The Hall–Kier alpha value is -3.79. The van der Waals surface area contributed by atoms with Crippen molar-refractivity contribution in [1.82, 2.24) is 15.5 Å². The van der Waals surface area contributed by atoms with E-state index in [1.54, 1.807) is 30.6 Å². The first-order valence-electron chi connectivity index (χ1n) is 12.9. The van der Waals surface area contributed by atoms with Crippen molar-refractivity contribution < 1.29 is 18.7 Å². The molecule has 1 aliphatic heterocycles. The Morgan fingerprint density at radius 1 is 1.03 bits per heavy atom. The van der Waals surface area contributed by atoms with E-state index in [2.05, 4.69) is 44.7 Å². The normalized spacial score (nSPS) is 16.4. The predicted molar refractivity (Wildman–Crippen MR) is 149 cm³/mol. The van der Waals surface area contributed by atoms with Crippen LogP contribution in [-0.2, 0) is 6.42 Å². The summed E-state index contributed by atoms with van der Waals surface area (Å²) in [5.41, 5.74) is 2.14. The number of rotatable bonds is 13. The summed E-state index contributed by atoms with van der Waals surface area (Å²) in [5.74, 6) is -0.896. The minimum Gasteiger partial charge on any atom is -0.494 e. The number of halogens is 1. The first-order chi connectivity index (χ1) is 18.4. The second-order valence-corrected chi connectivity index (χ2v) is 8.91. The van der Waals surface area contributed by atoms with Crippen LogP contribution in [0.25, 0.3) is 0 Å². The smallest absolute Gasteiger partial charge is 0.251 e. The summed E-state index contributed by atoms with van der Waals surface area (Å²) in [6.07, 6.45) is 4.08. The lowest BCUT2D eigenvalue weighted by Crippen LogP contribution is -2.34. The zero-order valence-corrected chi connectivity index (χ0v) is 22.5. The predicted octanol–water partition coefficient (Wildman–Crippen LogP) is 3.37. The summed E-state index contributed by atoms with van der Waals surface area (Å²) in [7, 11) is 2.90. The van der Waals surface area contributed by atoms with E-state index in [0.29, 0.717) is 36.1 Å². The van der Waals surface area contributed by atoms with Crippen LogP contribution in [0.2, 0.25) is 0 Å². The Balaban J connectivity index is 1.50. The minimum absolute atomic E-state index is 0.0412. The van der Waals surface area contributed by atoms with E-state index in [0.717, 1.165) is 25.3 Å². The van der Waals surface area contributed by atoms with Gasteiger partial charge in [0.25, 0.3) is 11.8 Å². The second-order valence-electron chi connectivity index (χ2n) is 8.91.